The van der Waals surface area contributed by atoms with Gasteiger partial charge in [-0.3, -0.25) is 0 Å². The number of benzene rings is 2. The zero-order valence-corrected chi connectivity index (χ0v) is 12.2. The normalized spacial score (nSPS) is 16.9. The van der Waals surface area contributed by atoms with Crippen molar-refractivity contribution < 1.29 is 4.74 Å². The quantitative estimate of drug-likeness (QED) is 0.567. The second-order valence-corrected chi connectivity index (χ2v) is 5.52. The van der Waals surface area contributed by atoms with Crippen LogP contribution in [0.1, 0.15) is 22.8 Å². The van der Waals surface area contributed by atoms with Gasteiger partial charge >= 0.3 is 0 Å². The molecule has 2 aromatic rings. The predicted molar refractivity (Wildman–Crippen MR) is 86.6 cm³/mol. The second kappa shape index (κ2) is 5.59. The van der Waals surface area contributed by atoms with Crippen molar-refractivity contribution in [1.29, 1.82) is 0 Å². The second-order valence-electron chi connectivity index (χ2n) is 4.64. The van der Waals surface area contributed by atoms with E-state index in [2.05, 4.69) is 61.4 Å². The maximum absolute atomic E-state index is 6.06. The van der Waals surface area contributed by atoms with Crippen LogP contribution in [0.4, 0.5) is 0 Å². The van der Waals surface area contributed by atoms with Crippen LogP contribution in [0.25, 0.3) is 11.8 Å². The lowest BCUT2D eigenvalue weighted by molar-refractivity contribution is 0.214. The van der Waals surface area contributed by atoms with Gasteiger partial charge in [0, 0.05) is 16.0 Å². The Hall–Kier alpha value is -1.93. The van der Waals surface area contributed by atoms with E-state index in [1.807, 2.05) is 12.1 Å². The maximum atomic E-state index is 6.06. The molecule has 2 aromatic carbocycles. The van der Waals surface area contributed by atoms with Crippen molar-refractivity contribution in [3.8, 4) is 0 Å². The number of fused-ring (bicyclic) bond motifs is 1. The third-order valence-electron chi connectivity index (χ3n) is 3.43. The van der Waals surface area contributed by atoms with Gasteiger partial charge in [0.2, 0.25) is 0 Å². The molecule has 0 saturated carbocycles. The summed E-state index contributed by atoms with van der Waals surface area (Å²) >= 11 is 1.74. The van der Waals surface area contributed by atoms with E-state index in [0.717, 1.165) is 11.3 Å². The molecule has 1 aliphatic rings. The van der Waals surface area contributed by atoms with Gasteiger partial charge in [0.1, 0.15) is 11.9 Å². The summed E-state index contributed by atoms with van der Waals surface area (Å²) in [6, 6.07) is 16.7. The fourth-order valence-electron chi connectivity index (χ4n) is 2.36. The highest BCUT2D eigenvalue weighted by Crippen LogP contribution is 2.36. The van der Waals surface area contributed by atoms with Crippen LogP contribution in [0.5, 0.6) is 0 Å². The molecule has 0 amide bonds. The van der Waals surface area contributed by atoms with Crippen LogP contribution in [-0.4, -0.2) is 6.26 Å². The van der Waals surface area contributed by atoms with Gasteiger partial charge in [-0.1, -0.05) is 43.0 Å². The van der Waals surface area contributed by atoms with Crippen molar-refractivity contribution in [2.75, 3.05) is 6.26 Å². The van der Waals surface area contributed by atoms with Crippen molar-refractivity contribution in [3.05, 3.63) is 77.9 Å². The first-order valence-corrected chi connectivity index (χ1v) is 7.78. The third-order valence-corrected chi connectivity index (χ3v) is 4.18. The topological polar surface area (TPSA) is 9.23 Å². The van der Waals surface area contributed by atoms with Crippen LogP contribution in [-0.2, 0) is 4.74 Å². The molecule has 2 heteroatoms. The minimum Gasteiger partial charge on any atom is -0.481 e. The number of ether oxygens (including phenoxy) is 1. The van der Waals surface area contributed by atoms with E-state index in [1.54, 1.807) is 11.8 Å². The lowest BCUT2D eigenvalue weighted by Crippen LogP contribution is -2.07. The van der Waals surface area contributed by atoms with Gasteiger partial charge in [-0.05, 0) is 36.1 Å². The molecule has 1 aliphatic heterocycles. The zero-order valence-electron chi connectivity index (χ0n) is 11.4. The van der Waals surface area contributed by atoms with E-state index >= 15 is 0 Å². The Bertz CT molecular complexity index is 655. The summed E-state index contributed by atoms with van der Waals surface area (Å²) in [4.78, 5) is 1.26. The molecule has 0 saturated heterocycles. The van der Waals surface area contributed by atoms with Crippen molar-refractivity contribution in [3.63, 3.8) is 0 Å². The Morgan fingerprint density at radius 2 is 1.85 bits per heavy atom. The minimum atomic E-state index is -0.0774. The fourth-order valence-corrected chi connectivity index (χ4v) is 2.77. The van der Waals surface area contributed by atoms with Gasteiger partial charge < -0.3 is 4.74 Å². The molecular formula is C18H16OS. The first-order valence-electron chi connectivity index (χ1n) is 6.56. The van der Waals surface area contributed by atoms with Crippen LogP contribution in [0.15, 0.2) is 66.1 Å². The van der Waals surface area contributed by atoms with E-state index in [9.17, 15) is 0 Å². The van der Waals surface area contributed by atoms with Crippen LogP contribution in [0, 0.1) is 0 Å². The van der Waals surface area contributed by atoms with Crippen molar-refractivity contribution >= 4 is 23.6 Å². The molecule has 0 bridgehead atoms. The van der Waals surface area contributed by atoms with E-state index in [0.29, 0.717) is 0 Å². The Labute approximate surface area is 124 Å². The molecule has 100 valence electrons. The molecule has 20 heavy (non-hydrogen) atoms. The highest BCUT2D eigenvalue weighted by Gasteiger charge is 2.20. The molecule has 0 fully saturated rings. The summed E-state index contributed by atoms with van der Waals surface area (Å²) < 4.78 is 6.06. The molecule has 0 aliphatic carbocycles. The van der Waals surface area contributed by atoms with Crippen molar-refractivity contribution in [1.82, 2.24) is 0 Å². The summed E-state index contributed by atoms with van der Waals surface area (Å²) in [6.45, 7) is 3.88. The number of thioether (sulfide) groups is 1. The number of hydrogen-bond donors (Lipinski definition) is 0. The maximum Gasteiger partial charge on any atom is 0.142 e. The van der Waals surface area contributed by atoms with Crippen molar-refractivity contribution in [2.45, 2.75) is 11.0 Å². The average Bonchev–Trinajstić information content (AvgIpc) is 2.54. The Balaban J connectivity index is 2.02. The van der Waals surface area contributed by atoms with Crippen LogP contribution in [0.3, 0.4) is 0 Å². The van der Waals surface area contributed by atoms with E-state index in [-0.39, 0.29) is 6.10 Å². The van der Waals surface area contributed by atoms with Crippen molar-refractivity contribution in [2.24, 2.45) is 0 Å². The molecule has 1 nitrogen and oxygen atoms in total. The molecule has 0 N–H and O–H groups in total. The summed E-state index contributed by atoms with van der Waals surface area (Å²) in [5.74, 6) is 0.904. The van der Waals surface area contributed by atoms with Crippen LogP contribution >= 0.6 is 11.8 Å². The molecule has 0 radical (unpaired) electrons. The molecule has 1 atom stereocenters. The highest BCUT2D eigenvalue weighted by molar-refractivity contribution is 7.98. The largest absolute Gasteiger partial charge is 0.481 e. The van der Waals surface area contributed by atoms with E-state index < -0.39 is 0 Å². The summed E-state index contributed by atoms with van der Waals surface area (Å²) in [5.41, 5.74) is 3.48. The van der Waals surface area contributed by atoms with Crippen LogP contribution < -0.4 is 0 Å². The lowest BCUT2D eigenvalue weighted by Gasteiger charge is -2.25. The van der Waals surface area contributed by atoms with Gasteiger partial charge in [0.25, 0.3) is 0 Å². The lowest BCUT2D eigenvalue weighted by atomic mass is 9.97. The van der Waals surface area contributed by atoms with Gasteiger partial charge in [-0.15, -0.1) is 11.8 Å². The van der Waals surface area contributed by atoms with Gasteiger partial charge in [0.15, 0.2) is 0 Å². The van der Waals surface area contributed by atoms with E-state index in [1.165, 1.54) is 16.0 Å². The predicted octanol–water partition coefficient (Wildman–Crippen LogP) is 5.16. The summed E-state index contributed by atoms with van der Waals surface area (Å²) in [5, 5.41) is 0. The van der Waals surface area contributed by atoms with Gasteiger partial charge in [-0.2, -0.15) is 0 Å². The minimum absolute atomic E-state index is 0.0774. The first-order chi connectivity index (χ1) is 9.81. The summed E-state index contributed by atoms with van der Waals surface area (Å²) in [6.07, 6.45) is 5.95. The Morgan fingerprint density at radius 1 is 1.10 bits per heavy atom. The SMILES string of the molecule is C=CC1OC(c2ccc(SC)cc2)=Cc2ccccc21. The molecule has 3 rings (SSSR count). The zero-order chi connectivity index (χ0) is 13.9. The standard InChI is InChI=1S/C18H16OS/c1-3-17-16-7-5-4-6-14(16)12-18(19-17)13-8-10-15(20-2)11-9-13/h3-12,17H,1H2,2H3. The van der Waals surface area contributed by atoms with Gasteiger partial charge in [-0.25, -0.2) is 0 Å². The average molecular weight is 280 g/mol. The Kier molecular flexibility index (Phi) is 3.66. The molecular weight excluding hydrogens is 264 g/mol. The first kappa shape index (κ1) is 13.1. The Morgan fingerprint density at radius 3 is 2.55 bits per heavy atom. The molecule has 1 heterocycles. The molecule has 0 spiro atoms. The molecule has 1 unspecified atom stereocenters. The fraction of sp³-hybridized carbons (Fsp3) is 0.111. The smallest absolute Gasteiger partial charge is 0.142 e. The van der Waals surface area contributed by atoms with Crippen LogP contribution in [0.2, 0.25) is 0 Å². The summed E-state index contributed by atoms with van der Waals surface area (Å²) in [7, 11) is 0. The van der Waals surface area contributed by atoms with E-state index in [4.69, 9.17) is 4.74 Å². The van der Waals surface area contributed by atoms with Gasteiger partial charge in [0.05, 0.1) is 0 Å². The monoisotopic (exact) mass is 280 g/mol. The third kappa shape index (κ3) is 2.39. The number of rotatable bonds is 3. The molecule has 0 aromatic heterocycles. The number of hydrogen-bond acceptors (Lipinski definition) is 2. The highest BCUT2D eigenvalue weighted by atomic mass is 32.2.